The van der Waals surface area contributed by atoms with Crippen molar-refractivity contribution < 1.29 is 8.83 Å². The van der Waals surface area contributed by atoms with Gasteiger partial charge in [0, 0.05) is 39.6 Å². The Kier molecular flexibility index (Phi) is 11.8. The average Bonchev–Trinajstić information content (AvgIpc) is 3.88. The van der Waals surface area contributed by atoms with Crippen molar-refractivity contribution in [1.82, 2.24) is 14.1 Å². The van der Waals surface area contributed by atoms with Crippen LogP contribution in [0, 0.1) is 6.92 Å². The summed E-state index contributed by atoms with van der Waals surface area (Å²) in [6, 6.07) is 45.0. The van der Waals surface area contributed by atoms with Crippen molar-refractivity contribution in [2.24, 2.45) is 0 Å². The summed E-state index contributed by atoms with van der Waals surface area (Å²) in [5.74, 6) is 0.353. The zero-order chi connectivity index (χ0) is 44.3. The van der Waals surface area contributed by atoms with Gasteiger partial charge in [-0.2, -0.15) is 0 Å². The van der Waals surface area contributed by atoms with Crippen LogP contribution in [-0.2, 0) is 0 Å². The van der Waals surface area contributed by atoms with Crippen LogP contribution in [-0.4, -0.2) is 14.1 Å². The van der Waals surface area contributed by atoms with Crippen LogP contribution in [0.2, 0.25) is 0 Å². The van der Waals surface area contributed by atoms with E-state index in [0.29, 0.717) is 11.6 Å². The van der Waals surface area contributed by atoms with Gasteiger partial charge in [-0.25, -0.2) is 0 Å². The number of fused-ring (bicyclic) bond motifs is 9. The minimum atomic E-state index is 0.353. The third-order valence-corrected chi connectivity index (χ3v) is 12.1. The lowest BCUT2D eigenvalue weighted by atomic mass is 9.94. The normalized spacial score (nSPS) is 13.7. The number of aromatic nitrogens is 3. The molecule has 0 radical (unpaired) electrons. The highest BCUT2D eigenvalue weighted by atomic mass is 16.3. The Morgan fingerprint density at radius 3 is 2.31 bits per heavy atom. The number of hydrogen-bond donors (Lipinski definition) is 1. The van der Waals surface area contributed by atoms with Crippen molar-refractivity contribution in [2.75, 3.05) is 5.73 Å². The number of furan rings is 1. The fourth-order valence-electron chi connectivity index (χ4n) is 9.19. The van der Waals surface area contributed by atoms with E-state index in [1.165, 1.54) is 5.56 Å². The maximum absolute atomic E-state index is 7.14. The first-order valence-electron chi connectivity index (χ1n) is 22.6. The predicted molar refractivity (Wildman–Crippen MR) is 272 cm³/mol. The fourth-order valence-corrected chi connectivity index (χ4v) is 9.19. The topological polar surface area (TPSA) is 75.0 Å². The largest absolute Gasteiger partial charge is 0.463 e. The minimum Gasteiger partial charge on any atom is -0.463 e. The summed E-state index contributed by atoms with van der Waals surface area (Å²) in [5.41, 5.74) is 21.7. The molecule has 0 saturated heterocycles. The first kappa shape index (κ1) is 41.8. The molecular weight excluding hydrogens is 785 g/mol. The molecule has 1 aliphatic rings. The van der Waals surface area contributed by atoms with E-state index in [0.717, 1.165) is 112 Å². The molecule has 5 heterocycles. The fraction of sp³-hybridized carbons (Fsp3) is 0.155. The van der Waals surface area contributed by atoms with Crippen LogP contribution in [0.25, 0.3) is 94.3 Å². The number of anilines is 1. The van der Waals surface area contributed by atoms with Crippen LogP contribution >= 0.6 is 0 Å². The highest BCUT2D eigenvalue weighted by Crippen LogP contribution is 2.40. The molecular formula is C58H54N4O2. The molecule has 318 valence electrons. The molecule has 0 aliphatic heterocycles. The van der Waals surface area contributed by atoms with Crippen molar-refractivity contribution in [3.8, 4) is 22.5 Å². The quantitative estimate of drug-likeness (QED) is 0.187. The molecule has 1 unspecified atom stereocenters. The highest BCUT2D eigenvalue weighted by Gasteiger charge is 2.20. The van der Waals surface area contributed by atoms with E-state index in [-0.39, 0.29) is 0 Å². The van der Waals surface area contributed by atoms with Crippen molar-refractivity contribution in [1.29, 1.82) is 0 Å². The summed E-state index contributed by atoms with van der Waals surface area (Å²) in [6.07, 6.45) is 18.8. The van der Waals surface area contributed by atoms with Gasteiger partial charge in [-0.05, 0) is 128 Å². The van der Waals surface area contributed by atoms with Crippen molar-refractivity contribution >= 4 is 77.5 Å². The maximum Gasteiger partial charge on any atom is 0.145 e. The molecule has 5 aromatic heterocycles. The van der Waals surface area contributed by atoms with Gasteiger partial charge in [0.1, 0.15) is 28.5 Å². The molecule has 6 heteroatoms. The summed E-state index contributed by atoms with van der Waals surface area (Å²) < 4.78 is 17.6. The third-order valence-electron chi connectivity index (χ3n) is 12.1. The summed E-state index contributed by atoms with van der Waals surface area (Å²) in [6.45, 7) is 12.2. The second-order valence-corrected chi connectivity index (χ2v) is 15.7. The number of nitrogens with two attached hydrogens (primary N) is 1. The Bertz CT molecular complexity index is 3490. The van der Waals surface area contributed by atoms with Gasteiger partial charge in [-0.15, -0.1) is 0 Å². The monoisotopic (exact) mass is 838 g/mol. The van der Waals surface area contributed by atoms with E-state index >= 15 is 0 Å². The Balaban J connectivity index is 0.00000126. The van der Waals surface area contributed by atoms with Crippen LogP contribution in [0.15, 0.2) is 179 Å². The number of nitrogens with zero attached hydrogens (tertiary/aromatic N) is 3. The van der Waals surface area contributed by atoms with Gasteiger partial charge in [-0.3, -0.25) is 4.98 Å². The van der Waals surface area contributed by atoms with Crippen LogP contribution in [0.1, 0.15) is 70.2 Å². The van der Waals surface area contributed by atoms with Gasteiger partial charge in [0.25, 0.3) is 0 Å². The lowest BCUT2D eigenvalue weighted by Gasteiger charge is -2.14. The van der Waals surface area contributed by atoms with E-state index < -0.39 is 0 Å². The lowest BCUT2D eigenvalue weighted by Crippen LogP contribution is -1.99. The van der Waals surface area contributed by atoms with E-state index in [4.69, 9.17) is 19.6 Å². The number of rotatable bonds is 5. The summed E-state index contributed by atoms with van der Waals surface area (Å²) in [4.78, 5) is 4.99. The summed E-state index contributed by atoms with van der Waals surface area (Å²) in [7, 11) is 0. The first-order chi connectivity index (χ1) is 31.6. The predicted octanol–water partition coefficient (Wildman–Crippen LogP) is 16.5. The molecule has 0 saturated carbocycles. The second kappa shape index (κ2) is 18.0. The Labute approximate surface area is 374 Å². The number of hydrogen-bond acceptors (Lipinski definition) is 4. The number of benzene rings is 5. The molecule has 64 heavy (non-hydrogen) atoms. The molecule has 0 spiro atoms. The number of pyridine rings is 1. The lowest BCUT2D eigenvalue weighted by molar-refractivity contribution is 0.616. The van der Waals surface area contributed by atoms with Gasteiger partial charge < -0.3 is 23.7 Å². The number of aryl methyl sites for hydroxylation is 1. The van der Waals surface area contributed by atoms with E-state index in [1.807, 2.05) is 71.4 Å². The molecule has 0 fully saturated rings. The van der Waals surface area contributed by atoms with Crippen LogP contribution in [0.5, 0.6) is 0 Å². The average molecular weight is 839 g/mol. The van der Waals surface area contributed by atoms with E-state index in [9.17, 15) is 0 Å². The number of para-hydroxylation sites is 1. The van der Waals surface area contributed by atoms with Crippen LogP contribution in [0.3, 0.4) is 0 Å². The minimum absolute atomic E-state index is 0.353. The Morgan fingerprint density at radius 2 is 1.45 bits per heavy atom. The molecule has 0 bridgehead atoms. The van der Waals surface area contributed by atoms with Gasteiger partial charge >= 0.3 is 0 Å². The highest BCUT2D eigenvalue weighted by molar-refractivity contribution is 6.18. The molecule has 1 atom stereocenters. The Hall–Kier alpha value is -7.57. The van der Waals surface area contributed by atoms with Crippen molar-refractivity contribution in [3.63, 3.8) is 0 Å². The van der Waals surface area contributed by atoms with Gasteiger partial charge in [0.15, 0.2) is 0 Å². The summed E-state index contributed by atoms with van der Waals surface area (Å²) >= 11 is 0. The smallest absolute Gasteiger partial charge is 0.145 e. The van der Waals surface area contributed by atoms with Crippen molar-refractivity contribution in [2.45, 2.75) is 60.3 Å². The second-order valence-electron chi connectivity index (χ2n) is 15.7. The third kappa shape index (κ3) is 7.25. The first-order valence-corrected chi connectivity index (χ1v) is 22.6. The van der Waals surface area contributed by atoms with Crippen LogP contribution in [0.4, 0.5) is 5.69 Å². The van der Waals surface area contributed by atoms with E-state index in [1.54, 1.807) is 0 Å². The number of nitrogen functional groups attached to an aromatic ring is 1. The molecule has 10 aromatic rings. The standard InChI is InChI=1S/C54H42N4O2.2C2H6/c1-3-13-47-52(55)44-33-59-54-41(25-27-46-51(54)53-48(21-12-29-56-53)58(46)40-19-10-16-36(30-40)35-14-6-4-5-7-15-35)34(2)23-26-45(44)57(47)39-18-11-17-37(31-39)38-24-28-50-43(32-38)42-20-8-9-22-49(42)60-50;2*1-2/h3-6,8-14,16-33,35H,7,15,55H2,1-2H3;2*1-2H3/b13-3-,34-23?,44-33?,45-26?;;. The number of allylic oxidation sites excluding steroid dienone is 5. The zero-order valence-electron chi connectivity index (χ0n) is 37.5. The van der Waals surface area contributed by atoms with Gasteiger partial charge in [-0.1, -0.05) is 113 Å². The molecule has 1 aliphatic carbocycles. The molecule has 11 rings (SSSR count). The molecule has 5 aromatic carbocycles. The van der Waals surface area contributed by atoms with Gasteiger partial charge in [0.2, 0.25) is 0 Å². The summed E-state index contributed by atoms with van der Waals surface area (Å²) in [5, 5.41) is 4.97. The van der Waals surface area contributed by atoms with Crippen molar-refractivity contribution in [3.05, 3.63) is 187 Å². The zero-order valence-corrected chi connectivity index (χ0v) is 37.5. The van der Waals surface area contributed by atoms with E-state index in [2.05, 4.69) is 156 Å². The maximum atomic E-state index is 7.14. The molecule has 2 N–H and O–H groups in total. The molecule has 0 amide bonds. The SMILES string of the molecule is C/C=C\c1c(N)c2coc3c(ccc4c3c3ncccc3n4-c3cccc(C4C=CC=CCC4)c3)c(C)ccc2n1-c1cccc(-c2ccc3oc4ccccc4c3c2)c1.CC.CC. The molecule has 6 nitrogen and oxygen atoms in total. The Morgan fingerprint density at radius 1 is 0.672 bits per heavy atom. The van der Waals surface area contributed by atoms with Crippen LogP contribution < -0.4 is 5.73 Å². The van der Waals surface area contributed by atoms with Gasteiger partial charge in [0.05, 0.1) is 38.7 Å².